The molecule has 4 rings (SSSR count). The van der Waals surface area contributed by atoms with Gasteiger partial charge >= 0.3 is 0 Å². The Morgan fingerprint density at radius 2 is 1.89 bits per heavy atom. The van der Waals surface area contributed by atoms with Crippen molar-refractivity contribution >= 4 is 22.1 Å². The van der Waals surface area contributed by atoms with E-state index in [-0.39, 0.29) is 17.4 Å². The van der Waals surface area contributed by atoms with Gasteiger partial charge in [0.05, 0.1) is 24.6 Å². The molecule has 2 aliphatic heterocycles. The molecule has 8 heteroatoms. The minimum atomic E-state index is -2.93. The molecule has 1 aromatic carbocycles. The molecule has 2 aliphatic rings. The lowest BCUT2D eigenvalue weighted by atomic mass is 9.90. The number of nitrogens with zero attached hydrogens (tertiary/aromatic N) is 3. The van der Waals surface area contributed by atoms with E-state index in [9.17, 15) is 8.42 Å². The maximum absolute atomic E-state index is 11.8. The summed E-state index contributed by atoms with van der Waals surface area (Å²) in [5.41, 5.74) is 1.43. The number of hydrogen-bond acceptors (Lipinski definition) is 4. The SMILES string of the molecule is Cn1c([C@H]2CCS(=O)(=O)C2)nn(C[NH+]2CCC(Cc3ccccc3)CC2)c1=S. The van der Waals surface area contributed by atoms with Crippen LogP contribution in [0, 0.1) is 10.7 Å². The van der Waals surface area contributed by atoms with Gasteiger partial charge in [0.1, 0.15) is 5.82 Å². The van der Waals surface area contributed by atoms with Crippen molar-refractivity contribution in [2.24, 2.45) is 13.0 Å². The summed E-state index contributed by atoms with van der Waals surface area (Å²) in [4.78, 5) is 1.50. The van der Waals surface area contributed by atoms with Gasteiger partial charge in [-0.3, -0.25) is 0 Å². The van der Waals surface area contributed by atoms with Gasteiger partial charge in [0.25, 0.3) is 0 Å². The van der Waals surface area contributed by atoms with Crippen LogP contribution in [-0.4, -0.2) is 47.4 Å². The van der Waals surface area contributed by atoms with Gasteiger partial charge in [-0.2, -0.15) is 9.78 Å². The molecule has 0 radical (unpaired) electrons. The molecule has 28 heavy (non-hydrogen) atoms. The summed E-state index contributed by atoms with van der Waals surface area (Å²) < 4.78 is 28.1. The first-order valence-corrected chi connectivity index (χ1v) is 12.4. The Bertz CT molecular complexity index is 973. The lowest BCUT2D eigenvalue weighted by Gasteiger charge is -2.29. The van der Waals surface area contributed by atoms with E-state index in [1.807, 2.05) is 16.3 Å². The minimum Gasteiger partial charge on any atom is -0.316 e. The van der Waals surface area contributed by atoms with Crippen molar-refractivity contribution < 1.29 is 13.3 Å². The molecule has 2 fully saturated rings. The number of likely N-dealkylation sites (tertiary alicyclic amines) is 1. The van der Waals surface area contributed by atoms with E-state index in [2.05, 4.69) is 30.3 Å². The lowest BCUT2D eigenvalue weighted by Crippen LogP contribution is -3.12. The summed E-state index contributed by atoms with van der Waals surface area (Å²) >= 11 is 5.59. The van der Waals surface area contributed by atoms with Gasteiger partial charge in [-0.1, -0.05) is 30.3 Å². The Kier molecular flexibility index (Phi) is 5.71. The number of benzene rings is 1. The van der Waals surface area contributed by atoms with E-state index in [1.54, 1.807) is 0 Å². The van der Waals surface area contributed by atoms with Crippen LogP contribution >= 0.6 is 12.2 Å². The largest absolute Gasteiger partial charge is 0.316 e. The molecule has 2 saturated heterocycles. The van der Waals surface area contributed by atoms with E-state index >= 15 is 0 Å². The number of nitrogens with one attached hydrogen (secondary N) is 1. The fourth-order valence-electron chi connectivity index (χ4n) is 4.57. The molecule has 0 saturated carbocycles. The highest BCUT2D eigenvalue weighted by molar-refractivity contribution is 7.91. The van der Waals surface area contributed by atoms with Crippen molar-refractivity contribution in [3.63, 3.8) is 0 Å². The summed E-state index contributed by atoms with van der Waals surface area (Å²) in [7, 11) is -1.01. The van der Waals surface area contributed by atoms with Gasteiger partial charge in [0.15, 0.2) is 16.5 Å². The van der Waals surface area contributed by atoms with Gasteiger partial charge in [-0.15, -0.1) is 0 Å². The third-order valence-electron chi connectivity index (χ3n) is 6.22. The molecule has 0 bridgehead atoms. The van der Waals surface area contributed by atoms with Crippen LogP contribution in [0.1, 0.15) is 36.6 Å². The summed E-state index contributed by atoms with van der Waals surface area (Å²) in [6, 6.07) is 10.7. The van der Waals surface area contributed by atoms with Crippen LogP contribution < -0.4 is 4.90 Å². The first kappa shape index (κ1) is 19.8. The van der Waals surface area contributed by atoms with Crippen LogP contribution in [0.3, 0.4) is 0 Å². The van der Waals surface area contributed by atoms with Gasteiger partial charge in [-0.05, 0) is 49.4 Å². The summed E-state index contributed by atoms with van der Waals surface area (Å²) in [6.07, 6.45) is 4.26. The van der Waals surface area contributed by atoms with Gasteiger partial charge in [0, 0.05) is 13.0 Å². The minimum absolute atomic E-state index is 0.0236. The number of quaternary nitrogens is 1. The van der Waals surface area contributed by atoms with Crippen LogP contribution in [0.2, 0.25) is 0 Å². The third kappa shape index (κ3) is 4.39. The molecule has 0 amide bonds. The van der Waals surface area contributed by atoms with Crippen molar-refractivity contribution in [2.75, 3.05) is 24.6 Å². The first-order chi connectivity index (χ1) is 13.4. The van der Waals surface area contributed by atoms with E-state index < -0.39 is 9.84 Å². The maximum atomic E-state index is 11.8. The molecular weight excluding hydrogens is 392 g/mol. The molecule has 0 unspecified atom stereocenters. The maximum Gasteiger partial charge on any atom is 0.202 e. The molecule has 152 valence electrons. The fourth-order valence-corrected chi connectivity index (χ4v) is 6.51. The van der Waals surface area contributed by atoms with Crippen LogP contribution in [0.5, 0.6) is 0 Å². The monoisotopic (exact) mass is 421 g/mol. The Hall–Kier alpha value is -1.51. The molecule has 1 N–H and O–H groups in total. The van der Waals surface area contributed by atoms with Gasteiger partial charge < -0.3 is 9.47 Å². The number of hydrogen-bond donors (Lipinski definition) is 1. The van der Waals surface area contributed by atoms with E-state index in [0.29, 0.717) is 11.2 Å². The second-order valence-electron chi connectivity index (χ2n) is 8.34. The predicted octanol–water partition coefficient (Wildman–Crippen LogP) is 1.35. The van der Waals surface area contributed by atoms with Crippen molar-refractivity contribution in [3.05, 3.63) is 46.5 Å². The Balaban J connectivity index is 1.37. The van der Waals surface area contributed by atoms with Crippen LogP contribution in [0.25, 0.3) is 0 Å². The molecule has 0 aliphatic carbocycles. The third-order valence-corrected chi connectivity index (χ3v) is 8.48. The van der Waals surface area contributed by atoms with Crippen molar-refractivity contribution in [3.8, 4) is 0 Å². The number of aromatic nitrogens is 3. The predicted molar refractivity (Wildman–Crippen MR) is 112 cm³/mol. The summed E-state index contributed by atoms with van der Waals surface area (Å²) in [6.45, 7) is 3.02. The topological polar surface area (TPSA) is 61.3 Å². The number of sulfone groups is 1. The van der Waals surface area contributed by atoms with Crippen LogP contribution in [0.4, 0.5) is 0 Å². The number of rotatable bonds is 5. The Morgan fingerprint density at radius 1 is 1.18 bits per heavy atom. The van der Waals surface area contributed by atoms with Crippen LogP contribution in [-0.2, 0) is 30.0 Å². The van der Waals surface area contributed by atoms with Gasteiger partial charge in [0.2, 0.25) is 4.77 Å². The molecule has 1 aromatic heterocycles. The second kappa shape index (κ2) is 8.08. The second-order valence-corrected chi connectivity index (χ2v) is 10.9. The standard InChI is InChI=1S/C20H28N4O2S2/c1-22-19(18-9-12-28(25,26)14-18)21-24(20(22)27)15-23-10-7-17(8-11-23)13-16-5-3-2-4-6-16/h2-6,17-18H,7-15H2,1H3/p+1/t18-/m0/s1. The number of piperidine rings is 1. The summed E-state index contributed by atoms with van der Waals surface area (Å²) in [5, 5.41) is 4.73. The quantitative estimate of drug-likeness (QED) is 0.741. The highest BCUT2D eigenvalue weighted by Crippen LogP contribution is 2.27. The van der Waals surface area contributed by atoms with Crippen molar-refractivity contribution in [1.29, 1.82) is 0 Å². The first-order valence-electron chi connectivity index (χ1n) is 10.1. The normalized spacial score (nSPS) is 27.1. The Morgan fingerprint density at radius 3 is 2.54 bits per heavy atom. The zero-order valence-electron chi connectivity index (χ0n) is 16.4. The van der Waals surface area contributed by atoms with Gasteiger partial charge in [-0.25, -0.2) is 8.42 Å². The highest BCUT2D eigenvalue weighted by atomic mass is 32.2. The highest BCUT2D eigenvalue weighted by Gasteiger charge is 2.33. The van der Waals surface area contributed by atoms with Crippen molar-refractivity contribution in [2.45, 2.75) is 38.3 Å². The molecule has 3 heterocycles. The van der Waals surface area contributed by atoms with E-state index in [1.165, 1.54) is 23.3 Å². The van der Waals surface area contributed by atoms with Crippen molar-refractivity contribution in [1.82, 2.24) is 14.3 Å². The van der Waals surface area contributed by atoms with E-state index in [4.69, 9.17) is 17.3 Å². The molecule has 0 spiro atoms. The Labute approximate surface area is 172 Å². The average molecular weight is 422 g/mol. The van der Waals surface area contributed by atoms with E-state index in [0.717, 1.165) is 37.9 Å². The smallest absolute Gasteiger partial charge is 0.202 e. The zero-order valence-corrected chi connectivity index (χ0v) is 18.0. The molecule has 6 nitrogen and oxygen atoms in total. The van der Waals surface area contributed by atoms with Crippen LogP contribution in [0.15, 0.2) is 30.3 Å². The molecule has 2 aromatic rings. The average Bonchev–Trinajstić information content (AvgIpc) is 3.18. The molecular formula is C20H29N4O2S2+. The fraction of sp³-hybridized carbons (Fsp3) is 0.600. The molecule has 1 atom stereocenters. The summed E-state index contributed by atoms with van der Waals surface area (Å²) in [5.74, 6) is 2.01. The lowest BCUT2D eigenvalue weighted by molar-refractivity contribution is -0.929. The zero-order chi connectivity index (χ0) is 19.7.